The fraction of sp³-hybridized carbons (Fsp3) is 0.263. The smallest absolute Gasteiger partial charge is 0.251 e. The van der Waals surface area contributed by atoms with Crippen LogP contribution in [0.4, 0.5) is 0 Å². The van der Waals surface area contributed by atoms with Crippen molar-refractivity contribution >= 4 is 11.8 Å². The van der Waals surface area contributed by atoms with Crippen molar-refractivity contribution in [2.45, 2.75) is 25.5 Å². The Kier molecular flexibility index (Phi) is 4.79. The number of hydrogen-bond acceptors (Lipinski definition) is 3. The van der Waals surface area contributed by atoms with Crippen LogP contribution in [0.2, 0.25) is 0 Å². The van der Waals surface area contributed by atoms with E-state index in [0.29, 0.717) is 18.6 Å². The van der Waals surface area contributed by atoms with Crippen molar-refractivity contribution in [3.8, 4) is 5.75 Å². The van der Waals surface area contributed by atoms with Crippen LogP contribution in [0.15, 0.2) is 48.5 Å². The number of hydrogen-bond donors (Lipinski definition) is 2. The van der Waals surface area contributed by atoms with Gasteiger partial charge in [-0.15, -0.1) is 0 Å². The molecule has 0 aliphatic carbocycles. The van der Waals surface area contributed by atoms with Gasteiger partial charge in [0.05, 0.1) is 6.04 Å². The third kappa shape index (κ3) is 3.74. The Morgan fingerprint density at radius 2 is 2.04 bits per heavy atom. The van der Waals surface area contributed by atoms with E-state index in [0.717, 1.165) is 23.3 Å². The van der Waals surface area contributed by atoms with Crippen molar-refractivity contribution < 1.29 is 14.3 Å². The summed E-state index contributed by atoms with van der Waals surface area (Å²) in [6.45, 7) is 0.393. The topological polar surface area (TPSA) is 67.4 Å². The van der Waals surface area contributed by atoms with Gasteiger partial charge in [-0.25, -0.2) is 0 Å². The molecule has 0 saturated carbocycles. The summed E-state index contributed by atoms with van der Waals surface area (Å²) in [7, 11) is 1.61. The lowest BCUT2D eigenvalue weighted by atomic mass is 10.1. The molecule has 2 aromatic rings. The van der Waals surface area contributed by atoms with Crippen molar-refractivity contribution in [2.24, 2.45) is 0 Å². The van der Waals surface area contributed by atoms with Crippen LogP contribution in [0, 0.1) is 0 Å². The molecule has 5 nitrogen and oxygen atoms in total. The average Bonchev–Trinajstić information content (AvgIpc) is 3.06. The van der Waals surface area contributed by atoms with E-state index in [1.807, 2.05) is 42.5 Å². The normalized spacial score (nSPS) is 16.5. The average molecular weight is 324 g/mol. The number of amides is 2. The van der Waals surface area contributed by atoms with Gasteiger partial charge in [0.1, 0.15) is 12.4 Å². The summed E-state index contributed by atoms with van der Waals surface area (Å²) in [6, 6.07) is 15.2. The molecule has 1 fully saturated rings. The molecule has 1 aliphatic rings. The molecule has 1 saturated heterocycles. The lowest BCUT2D eigenvalue weighted by Gasteiger charge is -2.12. The second kappa shape index (κ2) is 7.17. The van der Waals surface area contributed by atoms with Crippen LogP contribution in [0.25, 0.3) is 0 Å². The molecule has 0 aromatic heterocycles. The minimum Gasteiger partial charge on any atom is -0.489 e. The second-order valence-electron chi connectivity index (χ2n) is 5.80. The highest BCUT2D eigenvalue weighted by Gasteiger charge is 2.21. The van der Waals surface area contributed by atoms with Gasteiger partial charge in [0.2, 0.25) is 5.91 Å². The van der Waals surface area contributed by atoms with Crippen LogP contribution in [0.1, 0.15) is 40.4 Å². The summed E-state index contributed by atoms with van der Waals surface area (Å²) in [4.78, 5) is 22.9. The minimum absolute atomic E-state index is 0.107. The van der Waals surface area contributed by atoms with Crippen LogP contribution in [-0.2, 0) is 11.4 Å². The summed E-state index contributed by atoms with van der Waals surface area (Å²) in [6.07, 6.45) is 1.43. The molecule has 24 heavy (non-hydrogen) atoms. The third-order valence-electron chi connectivity index (χ3n) is 4.10. The highest BCUT2D eigenvalue weighted by molar-refractivity contribution is 5.94. The maximum absolute atomic E-state index is 11.6. The molecular formula is C19H20N2O3. The molecule has 1 aliphatic heterocycles. The quantitative estimate of drug-likeness (QED) is 0.888. The number of benzene rings is 2. The predicted molar refractivity (Wildman–Crippen MR) is 90.7 cm³/mol. The highest BCUT2D eigenvalue weighted by Crippen LogP contribution is 2.25. The summed E-state index contributed by atoms with van der Waals surface area (Å²) in [5, 5.41) is 5.56. The van der Waals surface area contributed by atoms with E-state index in [1.165, 1.54) is 0 Å². The zero-order valence-corrected chi connectivity index (χ0v) is 13.5. The Balaban J connectivity index is 1.61. The molecule has 3 rings (SSSR count). The molecule has 1 atom stereocenters. The summed E-state index contributed by atoms with van der Waals surface area (Å²) in [5.74, 6) is 0.754. The van der Waals surface area contributed by atoms with Gasteiger partial charge in [-0.1, -0.05) is 24.3 Å². The largest absolute Gasteiger partial charge is 0.489 e. The zero-order chi connectivity index (χ0) is 16.9. The van der Waals surface area contributed by atoms with Crippen molar-refractivity contribution in [1.82, 2.24) is 10.6 Å². The second-order valence-corrected chi connectivity index (χ2v) is 5.80. The van der Waals surface area contributed by atoms with E-state index < -0.39 is 0 Å². The van der Waals surface area contributed by atoms with Gasteiger partial charge < -0.3 is 15.4 Å². The Morgan fingerprint density at radius 1 is 1.25 bits per heavy atom. The van der Waals surface area contributed by atoms with Crippen molar-refractivity contribution in [2.75, 3.05) is 7.05 Å². The predicted octanol–water partition coefficient (Wildman–Crippen LogP) is 2.58. The first-order valence-corrected chi connectivity index (χ1v) is 7.99. The van der Waals surface area contributed by atoms with Crippen LogP contribution in [0.5, 0.6) is 5.75 Å². The van der Waals surface area contributed by atoms with E-state index in [9.17, 15) is 9.59 Å². The lowest BCUT2D eigenvalue weighted by Crippen LogP contribution is -2.18. The number of carbonyl (C=O) groups is 2. The van der Waals surface area contributed by atoms with E-state index >= 15 is 0 Å². The summed E-state index contributed by atoms with van der Waals surface area (Å²) >= 11 is 0. The molecule has 2 N–H and O–H groups in total. The first kappa shape index (κ1) is 16.1. The molecule has 0 radical (unpaired) electrons. The molecule has 0 spiro atoms. The van der Waals surface area contributed by atoms with Crippen molar-refractivity contribution in [1.29, 1.82) is 0 Å². The van der Waals surface area contributed by atoms with Crippen LogP contribution < -0.4 is 15.4 Å². The molecule has 5 heteroatoms. The molecule has 2 amide bonds. The Bertz CT molecular complexity index is 741. The fourth-order valence-electron chi connectivity index (χ4n) is 2.77. The highest BCUT2D eigenvalue weighted by atomic mass is 16.5. The number of nitrogens with one attached hydrogen (secondary N) is 2. The van der Waals surface area contributed by atoms with Gasteiger partial charge in [-0.2, -0.15) is 0 Å². The Morgan fingerprint density at radius 3 is 2.71 bits per heavy atom. The molecule has 0 bridgehead atoms. The van der Waals surface area contributed by atoms with Gasteiger partial charge >= 0.3 is 0 Å². The Labute approximate surface area is 141 Å². The number of ether oxygens (including phenoxy) is 1. The van der Waals surface area contributed by atoms with E-state index in [-0.39, 0.29) is 17.9 Å². The first-order chi connectivity index (χ1) is 11.7. The molecular weight excluding hydrogens is 304 g/mol. The zero-order valence-electron chi connectivity index (χ0n) is 13.5. The van der Waals surface area contributed by atoms with Gasteiger partial charge in [0, 0.05) is 19.0 Å². The molecule has 1 unspecified atom stereocenters. The molecule has 1 heterocycles. The summed E-state index contributed by atoms with van der Waals surface area (Å²) < 4.78 is 5.78. The lowest BCUT2D eigenvalue weighted by molar-refractivity contribution is -0.119. The van der Waals surface area contributed by atoms with Crippen molar-refractivity contribution in [3.63, 3.8) is 0 Å². The SMILES string of the molecule is CNC(=O)c1cccc(COc2ccc(C3CCC(=O)N3)cc2)c1. The van der Waals surface area contributed by atoms with Crippen molar-refractivity contribution in [3.05, 3.63) is 65.2 Å². The summed E-state index contributed by atoms with van der Waals surface area (Å²) in [5.41, 5.74) is 2.64. The standard InChI is InChI=1S/C19H20N2O3/c1-20-19(23)15-4-2-3-13(11-15)12-24-16-7-5-14(6-8-16)17-9-10-18(22)21-17/h2-8,11,17H,9-10,12H2,1H3,(H,20,23)(H,21,22). The Hall–Kier alpha value is -2.82. The van der Waals surface area contributed by atoms with Crippen LogP contribution >= 0.6 is 0 Å². The van der Waals surface area contributed by atoms with Gasteiger partial charge in [0.15, 0.2) is 0 Å². The number of rotatable bonds is 5. The van der Waals surface area contributed by atoms with Gasteiger partial charge in [0.25, 0.3) is 5.91 Å². The number of carbonyl (C=O) groups excluding carboxylic acids is 2. The third-order valence-corrected chi connectivity index (χ3v) is 4.10. The maximum atomic E-state index is 11.6. The van der Waals surface area contributed by atoms with Gasteiger partial charge in [-0.05, 0) is 41.8 Å². The minimum atomic E-state index is -0.111. The van der Waals surface area contributed by atoms with E-state index in [2.05, 4.69) is 10.6 Å². The first-order valence-electron chi connectivity index (χ1n) is 7.99. The van der Waals surface area contributed by atoms with Crippen LogP contribution in [-0.4, -0.2) is 18.9 Å². The fourth-order valence-corrected chi connectivity index (χ4v) is 2.77. The van der Waals surface area contributed by atoms with E-state index in [4.69, 9.17) is 4.74 Å². The molecule has 124 valence electrons. The van der Waals surface area contributed by atoms with Gasteiger partial charge in [-0.3, -0.25) is 9.59 Å². The van der Waals surface area contributed by atoms with Crippen LogP contribution in [0.3, 0.4) is 0 Å². The monoisotopic (exact) mass is 324 g/mol. The molecule has 2 aromatic carbocycles. The van der Waals surface area contributed by atoms with E-state index in [1.54, 1.807) is 13.1 Å². The maximum Gasteiger partial charge on any atom is 0.251 e.